The van der Waals surface area contributed by atoms with E-state index in [0.717, 1.165) is 24.6 Å². The Morgan fingerprint density at radius 1 is 0.755 bits per heavy atom. The van der Waals surface area contributed by atoms with E-state index in [9.17, 15) is 0 Å². The molecule has 0 radical (unpaired) electrons. The van der Waals surface area contributed by atoms with Crippen LogP contribution in [0.1, 0.15) is 151 Å². The number of nitrogens with zero attached hydrogens (tertiary/aromatic N) is 2. The molecule has 1 aliphatic heterocycles. The zero-order valence-electron chi connectivity index (χ0n) is 29.9. The topological polar surface area (TPSA) is 36.8 Å². The lowest BCUT2D eigenvalue weighted by molar-refractivity contribution is 0.250. The minimum Gasteiger partial charge on any atom is -0.328 e. The van der Waals surface area contributed by atoms with E-state index in [-0.39, 0.29) is 6.17 Å². The van der Waals surface area contributed by atoms with Crippen molar-refractivity contribution >= 4 is 17.2 Å². The summed E-state index contributed by atoms with van der Waals surface area (Å²) in [5, 5.41) is 3.88. The molecule has 7 aliphatic carbocycles. The molecule has 0 amide bonds. The van der Waals surface area contributed by atoms with Crippen molar-refractivity contribution in [3.63, 3.8) is 0 Å². The standard InChI is InChI=1S/C46H57N3/c1-30-23-24-36(46-48-44(31-13-4-2-5-14-31)47-45(49-46)32-15-6-3-7-16-32)29-42(30)35-18-12-17-33(27-35)34-25-26-41-39-21-9-8-19-37(39)38-20-10-11-22-40(38)43(41)28-34/h8,11,13,15,19,22,25-28,30,33,36,38,40,42,44H,2-7,9-10,12,14,16-18,20-21,23-24,29H2,1H3,(H,47,48,49). The minimum absolute atomic E-state index is 0.00968. The molecule has 1 fully saturated rings. The van der Waals surface area contributed by atoms with E-state index in [0.29, 0.717) is 29.6 Å². The fraction of sp³-hybridized carbons (Fsp3) is 0.565. The van der Waals surface area contributed by atoms with Crippen LogP contribution in [0, 0.1) is 23.7 Å². The van der Waals surface area contributed by atoms with Gasteiger partial charge < -0.3 is 5.32 Å². The summed E-state index contributed by atoms with van der Waals surface area (Å²) in [4.78, 5) is 10.7. The molecular weight excluding hydrogens is 595 g/mol. The Morgan fingerprint density at radius 3 is 2.53 bits per heavy atom. The Hall–Kier alpha value is -3.20. The third-order valence-corrected chi connectivity index (χ3v) is 13.7. The molecule has 1 N–H and O–H groups in total. The van der Waals surface area contributed by atoms with E-state index in [2.05, 4.69) is 73.0 Å². The number of fused-ring (bicyclic) bond motifs is 5. The van der Waals surface area contributed by atoms with E-state index in [1.54, 1.807) is 33.4 Å². The highest BCUT2D eigenvalue weighted by atomic mass is 15.2. The smallest absolute Gasteiger partial charge is 0.165 e. The number of allylic oxidation sites excluding steroid dienone is 10. The highest BCUT2D eigenvalue weighted by Gasteiger charge is 2.38. The zero-order valence-corrected chi connectivity index (χ0v) is 29.9. The van der Waals surface area contributed by atoms with Gasteiger partial charge in [-0.25, -0.2) is 9.98 Å². The second kappa shape index (κ2) is 13.8. The Morgan fingerprint density at radius 2 is 1.65 bits per heavy atom. The maximum atomic E-state index is 5.43. The summed E-state index contributed by atoms with van der Waals surface area (Å²) in [6, 6.07) is 7.68. The van der Waals surface area contributed by atoms with E-state index in [4.69, 9.17) is 9.98 Å². The van der Waals surface area contributed by atoms with Crippen molar-refractivity contribution in [2.75, 3.05) is 0 Å². The molecule has 1 aromatic rings. The van der Waals surface area contributed by atoms with Gasteiger partial charge in [0.2, 0.25) is 0 Å². The van der Waals surface area contributed by atoms with Crippen LogP contribution in [-0.4, -0.2) is 17.8 Å². The zero-order chi connectivity index (χ0) is 32.7. The molecule has 0 aromatic heterocycles. The number of aliphatic imine (C=N–C) groups is 2. The van der Waals surface area contributed by atoms with Crippen molar-refractivity contribution in [2.24, 2.45) is 33.7 Å². The molecule has 7 unspecified atom stereocenters. The average molecular weight is 652 g/mol. The van der Waals surface area contributed by atoms with Gasteiger partial charge in [-0.2, -0.15) is 0 Å². The maximum absolute atomic E-state index is 5.43. The van der Waals surface area contributed by atoms with Crippen molar-refractivity contribution < 1.29 is 0 Å². The molecule has 256 valence electrons. The summed E-state index contributed by atoms with van der Waals surface area (Å²) in [6.07, 6.45) is 40.0. The summed E-state index contributed by atoms with van der Waals surface area (Å²) in [5.41, 5.74) is 12.7. The molecule has 9 rings (SSSR count). The van der Waals surface area contributed by atoms with Crippen LogP contribution in [0.3, 0.4) is 0 Å². The Bertz CT molecular complexity index is 1710. The minimum atomic E-state index is -0.00968. The van der Waals surface area contributed by atoms with Gasteiger partial charge in [0.25, 0.3) is 0 Å². The molecule has 0 bridgehead atoms. The number of rotatable bonds is 5. The molecule has 0 spiro atoms. The van der Waals surface area contributed by atoms with Gasteiger partial charge in [0.05, 0.1) is 0 Å². The molecule has 8 aliphatic rings. The van der Waals surface area contributed by atoms with Crippen LogP contribution in [-0.2, 0) is 0 Å². The molecule has 1 aromatic carbocycles. The summed E-state index contributed by atoms with van der Waals surface area (Å²) in [5.74, 6) is 6.02. The van der Waals surface area contributed by atoms with Gasteiger partial charge in [-0.15, -0.1) is 0 Å². The normalized spacial score (nSPS) is 34.3. The average Bonchev–Trinajstić information content (AvgIpc) is 3.18. The molecule has 3 nitrogen and oxygen atoms in total. The molecule has 1 heterocycles. The molecule has 0 saturated heterocycles. The highest BCUT2D eigenvalue weighted by Crippen LogP contribution is 2.51. The van der Waals surface area contributed by atoms with Crippen molar-refractivity contribution in [3.8, 4) is 0 Å². The van der Waals surface area contributed by atoms with E-state index in [1.807, 2.05) is 0 Å². The summed E-state index contributed by atoms with van der Waals surface area (Å²) >= 11 is 0. The third-order valence-electron chi connectivity index (χ3n) is 13.7. The fourth-order valence-electron chi connectivity index (χ4n) is 11.0. The number of hydrogen-bond donors (Lipinski definition) is 1. The summed E-state index contributed by atoms with van der Waals surface area (Å²) < 4.78 is 0. The van der Waals surface area contributed by atoms with Crippen LogP contribution in [0.4, 0.5) is 0 Å². The van der Waals surface area contributed by atoms with Crippen LogP contribution in [0.25, 0.3) is 5.57 Å². The first-order valence-electron chi connectivity index (χ1n) is 20.4. The first-order valence-corrected chi connectivity index (χ1v) is 20.4. The maximum Gasteiger partial charge on any atom is 0.165 e. The summed E-state index contributed by atoms with van der Waals surface area (Å²) in [7, 11) is 0. The SMILES string of the molecule is CC1CCC(C2=NC(C3=CCCCC3)N=C(C3=CCCCC3)N2)CC1C1=CC(c2ccc3c(c2)C2C=CCCC2C2=C3CCC=C2)CCC1. The van der Waals surface area contributed by atoms with Gasteiger partial charge >= 0.3 is 0 Å². The third kappa shape index (κ3) is 6.23. The van der Waals surface area contributed by atoms with E-state index >= 15 is 0 Å². The van der Waals surface area contributed by atoms with Gasteiger partial charge in [-0.1, -0.05) is 73.2 Å². The van der Waals surface area contributed by atoms with Crippen LogP contribution in [0.2, 0.25) is 0 Å². The van der Waals surface area contributed by atoms with Crippen molar-refractivity contribution in [3.05, 3.63) is 99.7 Å². The Balaban J connectivity index is 0.984. The van der Waals surface area contributed by atoms with Crippen LogP contribution in [0.15, 0.2) is 93.0 Å². The number of hydrogen-bond acceptors (Lipinski definition) is 3. The van der Waals surface area contributed by atoms with Gasteiger partial charge in [0.1, 0.15) is 11.7 Å². The van der Waals surface area contributed by atoms with E-state index in [1.165, 1.54) is 120 Å². The van der Waals surface area contributed by atoms with Gasteiger partial charge in [-0.3, -0.25) is 0 Å². The second-order valence-corrected chi connectivity index (χ2v) is 16.7. The first-order chi connectivity index (χ1) is 24.2. The highest BCUT2D eigenvalue weighted by molar-refractivity contribution is 6.11. The van der Waals surface area contributed by atoms with E-state index < -0.39 is 0 Å². The van der Waals surface area contributed by atoms with Gasteiger partial charge in [0.15, 0.2) is 6.17 Å². The molecule has 49 heavy (non-hydrogen) atoms. The monoisotopic (exact) mass is 651 g/mol. The fourth-order valence-corrected chi connectivity index (χ4v) is 11.0. The quantitative estimate of drug-likeness (QED) is 0.316. The van der Waals surface area contributed by atoms with Crippen LogP contribution < -0.4 is 5.32 Å². The van der Waals surface area contributed by atoms with Gasteiger partial charge in [0, 0.05) is 17.8 Å². The second-order valence-electron chi connectivity index (χ2n) is 16.7. The lowest BCUT2D eigenvalue weighted by Gasteiger charge is -2.40. The first kappa shape index (κ1) is 31.8. The molecule has 3 heteroatoms. The lowest BCUT2D eigenvalue weighted by atomic mass is 9.65. The Kier molecular flexibility index (Phi) is 8.97. The number of benzene rings is 1. The largest absolute Gasteiger partial charge is 0.328 e. The van der Waals surface area contributed by atoms with Crippen molar-refractivity contribution in [2.45, 2.75) is 141 Å². The number of nitrogens with one attached hydrogen (secondary N) is 1. The van der Waals surface area contributed by atoms with Crippen LogP contribution >= 0.6 is 0 Å². The predicted molar refractivity (Wildman–Crippen MR) is 206 cm³/mol. The molecule has 7 atom stereocenters. The van der Waals surface area contributed by atoms with Gasteiger partial charge in [-0.05, 0) is 172 Å². The van der Waals surface area contributed by atoms with Crippen LogP contribution in [0.5, 0.6) is 0 Å². The predicted octanol–water partition coefficient (Wildman–Crippen LogP) is 11.8. The van der Waals surface area contributed by atoms with Crippen molar-refractivity contribution in [1.29, 1.82) is 0 Å². The molecule has 1 saturated carbocycles. The molecular formula is C46H57N3. The number of amidine groups is 2. The summed E-state index contributed by atoms with van der Waals surface area (Å²) in [6.45, 7) is 2.54. The lowest BCUT2D eigenvalue weighted by Crippen LogP contribution is -2.44. The van der Waals surface area contributed by atoms with Crippen molar-refractivity contribution in [1.82, 2.24) is 5.32 Å². The Labute approximate surface area is 295 Å².